The molecule has 0 spiro atoms. The van der Waals surface area contributed by atoms with Gasteiger partial charge in [0, 0.05) is 55.1 Å². The Morgan fingerprint density at radius 1 is 1.14 bits per heavy atom. The van der Waals surface area contributed by atoms with Gasteiger partial charge in [-0.05, 0) is 53.8 Å². The first-order chi connectivity index (χ1) is 17.4. The van der Waals surface area contributed by atoms with E-state index in [0.717, 1.165) is 41.3 Å². The van der Waals surface area contributed by atoms with Crippen molar-refractivity contribution in [3.05, 3.63) is 65.6 Å². The van der Waals surface area contributed by atoms with Gasteiger partial charge >= 0.3 is 10.2 Å². The molecule has 1 atom stereocenters. The molecule has 11 heteroatoms. The highest BCUT2D eigenvalue weighted by Crippen LogP contribution is 2.38. The number of fused-ring (bicyclic) bond motifs is 2. The lowest BCUT2D eigenvalue weighted by Crippen LogP contribution is -2.50. The second kappa shape index (κ2) is 9.54. The van der Waals surface area contributed by atoms with Crippen molar-refractivity contribution in [2.75, 3.05) is 36.7 Å². The minimum absolute atomic E-state index is 0.00795. The summed E-state index contributed by atoms with van der Waals surface area (Å²) in [7, 11) is -7.36. The Morgan fingerprint density at radius 2 is 1.92 bits per heavy atom. The maximum absolute atomic E-state index is 13.5. The number of hydrogen-bond donors (Lipinski definition) is 2. The summed E-state index contributed by atoms with van der Waals surface area (Å²) in [6, 6.07) is 9.02. The van der Waals surface area contributed by atoms with Gasteiger partial charge < -0.3 is 4.98 Å². The molecular formula is C26H31FN4O4S2. The highest BCUT2D eigenvalue weighted by molar-refractivity contribution is 7.91. The highest BCUT2D eigenvalue weighted by atomic mass is 32.2. The molecule has 0 amide bonds. The largest absolute Gasteiger partial charge is 0.360 e. The van der Waals surface area contributed by atoms with Gasteiger partial charge in [0.15, 0.2) is 9.84 Å². The molecule has 1 unspecified atom stereocenters. The number of aromatic amines is 1. The van der Waals surface area contributed by atoms with Crippen LogP contribution >= 0.6 is 0 Å². The van der Waals surface area contributed by atoms with Gasteiger partial charge in [-0.25, -0.2) is 12.8 Å². The molecule has 8 nitrogen and oxygen atoms in total. The van der Waals surface area contributed by atoms with Crippen LogP contribution in [0.4, 0.5) is 10.1 Å². The van der Waals surface area contributed by atoms with E-state index in [1.165, 1.54) is 34.1 Å². The quantitative estimate of drug-likeness (QED) is 0.489. The lowest BCUT2D eigenvalue weighted by atomic mass is 9.95. The SMILES string of the molecule is CC(C)C1NS(=O)(=O)N(CCN2CC=C(c3c[nH]c4cc(F)ccc34)CC2)c2cc(S(C)(=O)=O)ccc21. The van der Waals surface area contributed by atoms with Crippen LogP contribution in [0, 0.1) is 11.7 Å². The van der Waals surface area contributed by atoms with Crippen LogP contribution in [0.15, 0.2) is 53.6 Å². The zero-order valence-electron chi connectivity index (χ0n) is 21.0. The molecule has 2 aromatic carbocycles. The predicted octanol–water partition coefficient (Wildman–Crippen LogP) is 3.85. The van der Waals surface area contributed by atoms with Gasteiger partial charge in [-0.15, -0.1) is 0 Å². The van der Waals surface area contributed by atoms with Crippen molar-refractivity contribution in [2.24, 2.45) is 5.92 Å². The van der Waals surface area contributed by atoms with E-state index in [4.69, 9.17) is 0 Å². The van der Waals surface area contributed by atoms with E-state index in [0.29, 0.717) is 18.8 Å². The number of hydrogen-bond acceptors (Lipinski definition) is 5. The number of halogens is 1. The predicted molar refractivity (Wildman–Crippen MR) is 144 cm³/mol. The molecule has 2 aliphatic rings. The molecule has 3 heterocycles. The first-order valence-electron chi connectivity index (χ1n) is 12.3. The fourth-order valence-corrected chi connectivity index (χ4v) is 7.37. The minimum Gasteiger partial charge on any atom is -0.360 e. The average Bonchev–Trinajstić information content (AvgIpc) is 3.25. The van der Waals surface area contributed by atoms with Crippen LogP contribution < -0.4 is 9.03 Å². The van der Waals surface area contributed by atoms with Crippen LogP contribution in [0.5, 0.6) is 0 Å². The van der Waals surface area contributed by atoms with Crippen LogP contribution in [0.3, 0.4) is 0 Å². The van der Waals surface area contributed by atoms with Crippen LogP contribution in [-0.2, 0) is 20.0 Å². The number of H-pyrrole nitrogens is 1. The topological polar surface area (TPSA) is 103 Å². The Bertz CT molecular complexity index is 1600. The van der Waals surface area contributed by atoms with E-state index in [2.05, 4.69) is 20.7 Å². The second-order valence-electron chi connectivity index (χ2n) is 10.1. The molecule has 198 valence electrons. The normalized spacial score (nSPS) is 20.3. The number of benzene rings is 2. The Morgan fingerprint density at radius 3 is 2.59 bits per heavy atom. The van der Waals surface area contributed by atoms with E-state index in [1.54, 1.807) is 12.1 Å². The molecule has 2 N–H and O–H groups in total. The van der Waals surface area contributed by atoms with E-state index < -0.39 is 26.1 Å². The fourth-order valence-electron chi connectivity index (χ4n) is 5.14. The molecule has 3 aromatic rings. The zero-order valence-corrected chi connectivity index (χ0v) is 22.7. The molecule has 0 fully saturated rings. The summed E-state index contributed by atoms with van der Waals surface area (Å²) in [4.78, 5) is 5.40. The third-order valence-electron chi connectivity index (χ3n) is 7.17. The first-order valence-corrected chi connectivity index (χ1v) is 15.6. The number of sulfone groups is 1. The number of anilines is 1. The molecule has 37 heavy (non-hydrogen) atoms. The number of rotatable bonds is 6. The summed E-state index contributed by atoms with van der Waals surface area (Å²) < 4.78 is 68.6. The zero-order chi connectivity index (χ0) is 26.5. The van der Waals surface area contributed by atoms with Crippen molar-refractivity contribution in [3.8, 4) is 0 Å². The monoisotopic (exact) mass is 546 g/mol. The standard InChI is InChI=1S/C26H31FN4O4S2/c1-17(2)26-22-7-5-20(36(3,32)33)15-25(22)31(37(34,35)29-26)13-12-30-10-8-18(9-11-30)23-16-28-24-14-19(27)4-6-21(23)24/h4-8,14-17,26,28-29H,9-13H2,1-3H3. The Balaban J connectivity index is 1.36. The van der Waals surface area contributed by atoms with Gasteiger partial charge in [-0.3, -0.25) is 9.21 Å². The Labute approximate surface area is 217 Å². The maximum atomic E-state index is 13.5. The van der Waals surface area contributed by atoms with Gasteiger partial charge in [0.25, 0.3) is 0 Å². The number of aromatic nitrogens is 1. The van der Waals surface area contributed by atoms with Crippen molar-refractivity contribution in [1.82, 2.24) is 14.6 Å². The van der Waals surface area contributed by atoms with E-state index in [1.807, 2.05) is 20.0 Å². The Hall–Kier alpha value is -2.73. The molecule has 5 rings (SSSR count). The second-order valence-corrected chi connectivity index (χ2v) is 13.7. The number of nitrogens with one attached hydrogen (secondary N) is 2. The Kier molecular flexibility index (Phi) is 6.68. The third-order valence-corrected chi connectivity index (χ3v) is 9.79. The molecule has 0 aliphatic carbocycles. The van der Waals surface area contributed by atoms with Crippen molar-refractivity contribution < 1.29 is 21.2 Å². The molecule has 0 saturated heterocycles. The minimum atomic E-state index is -3.86. The third kappa shape index (κ3) is 5.05. The van der Waals surface area contributed by atoms with E-state index in [9.17, 15) is 21.2 Å². The summed E-state index contributed by atoms with van der Waals surface area (Å²) in [5.41, 5.74) is 4.17. The molecule has 0 radical (unpaired) electrons. The highest BCUT2D eigenvalue weighted by Gasteiger charge is 2.37. The lowest BCUT2D eigenvalue weighted by molar-refractivity contribution is 0.310. The molecule has 0 saturated carbocycles. The van der Waals surface area contributed by atoms with Crippen LogP contribution in [0.2, 0.25) is 0 Å². The summed E-state index contributed by atoms with van der Waals surface area (Å²) in [6.07, 6.45) is 5.93. The van der Waals surface area contributed by atoms with E-state index >= 15 is 0 Å². The van der Waals surface area contributed by atoms with Crippen molar-refractivity contribution >= 4 is 42.2 Å². The molecular weight excluding hydrogens is 515 g/mol. The number of nitrogens with zero attached hydrogens (tertiary/aromatic N) is 2. The van der Waals surface area contributed by atoms with Crippen molar-refractivity contribution in [2.45, 2.75) is 31.2 Å². The van der Waals surface area contributed by atoms with Gasteiger partial charge in [0.2, 0.25) is 0 Å². The van der Waals surface area contributed by atoms with Crippen LogP contribution in [-0.4, -0.2) is 59.2 Å². The summed E-state index contributed by atoms with van der Waals surface area (Å²) >= 11 is 0. The van der Waals surface area contributed by atoms with Gasteiger partial charge in [-0.2, -0.15) is 13.1 Å². The molecule has 2 aliphatic heterocycles. The van der Waals surface area contributed by atoms with Crippen LogP contribution in [0.1, 0.15) is 37.4 Å². The van der Waals surface area contributed by atoms with Crippen molar-refractivity contribution in [3.63, 3.8) is 0 Å². The van der Waals surface area contributed by atoms with Gasteiger partial charge in [-0.1, -0.05) is 26.0 Å². The summed E-state index contributed by atoms with van der Waals surface area (Å²) in [5.74, 6) is -0.289. The molecule has 0 bridgehead atoms. The first kappa shape index (κ1) is 25.9. The maximum Gasteiger partial charge on any atom is 0.302 e. The van der Waals surface area contributed by atoms with Crippen LogP contribution in [0.25, 0.3) is 16.5 Å². The average molecular weight is 547 g/mol. The lowest BCUT2D eigenvalue weighted by Gasteiger charge is -2.38. The molecule has 1 aromatic heterocycles. The van der Waals surface area contributed by atoms with Crippen molar-refractivity contribution in [1.29, 1.82) is 0 Å². The summed E-state index contributed by atoms with van der Waals surface area (Å²) in [6.45, 7) is 5.92. The summed E-state index contributed by atoms with van der Waals surface area (Å²) in [5, 5.41) is 0.976. The van der Waals surface area contributed by atoms with E-state index in [-0.39, 0.29) is 23.2 Å². The fraction of sp³-hybridized carbons (Fsp3) is 0.385. The van der Waals surface area contributed by atoms with Gasteiger partial charge in [0.1, 0.15) is 5.82 Å². The van der Waals surface area contributed by atoms with Gasteiger partial charge in [0.05, 0.1) is 16.6 Å². The smallest absolute Gasteiger partial charge is 0.302 e.